The minimum absolute atomic E-state index is 0.0172. The average Bonchev–Trinajstić information content (AvgIpc) is 2.66. The van der Waals surface area contributed by atoms with Crippen molar-refractivity contribution in [3.05, 3.63) is 23.8 Å². The quantitative estimate of drug-likeness (QED) is 0.646. The maximum absolute atomic E-state index is 13.1. The Kier molecular flexibility index (Phi) is 7.79. The SMILES string of the molecule is O=C(CCNC(=O)OCC(F)(F)F)Nc1cc(C(F)(F)F)ccc1N1CCCCC1. The van der Waals surface area contributed by atoms with E-state index in [-0.39, 0.29) is 18.7 Å². The van der Waals surface area contributed by atoms with Crippen LogP contribution < -0.4 is 15.5 Å². The van der Waals surface area contributed by atoms with Crippen LogP contribution in [0.1, 0.15) is 31.2 Å². The van der Waals surface area contributed by atoms with Gasteiger partial charge in [-0.25, -0.2) is 4.79 Å². The first-order valence-corrected chi connectivity index (χ1v) is 9.19. The van der Waals surface area contributed by atoms with Crippen LogP contribution in [-0.2, 0) is 15.7 Å². The second-order valence-electron chi connectivity index (χ2n) is 6.69. The van der Waals surface area contributed by atoms with E-state index < -0.39 is 36.5 Å². The van der Waals surface area contributed by atoms with Gasteiger partial charge in [-0.3, -0.25) is 4.79 Å². The van der Waals surface area contributed by atoms with E-state index in [0.717, 1.165) is 31.4 Å². The first kappa shape index (κ1) is 23.6. The standard InChI is InChI=1S/C18H21F6N3O3/c19-17(20,21)11-30-16(29)25-7-6-15(28)26-13-10-12(18(22,23)24)4-5-14(13)27-8-2-1-3-9-27/h4-5,10H,1-3,6-9,11H2,(H,25,29)(H,26,28). The van der Waals surface area contributed by atoms with E-state index >= 15 is 0 Å². The van der Waals surface area contributed by atoms with Gasteiger partial charge in [0.1, 0.15) is 0 Å². The molecule has 1 aliphatic heterocycles. The Hall–Kier alpha value is -2.66. The zero-order valence-corrected chi connectivity index (χ0v) is 15.8. The number of nitrogens with zero attached hydrogens (tertiary/aromatic N) is 1. The number of alkyl halides is 6. The van der Waals surface area contributed by atoms with Crippen LogP contribution in [0.4, 0.5) is 42.5 Å². The molecule has 168 valence electrons. The molecule has 1 saturated heterocycles. The smallest absolute Gasteiger partial charge is 0.422 e. The predicted octanol–water partition coefficient (Wildman–Crippen LogP) is 4.31. The largest absolute Gasteiger partial charge is 0.440 e. The van der Waals surface area contributed by atoms with Crippen LogP contribution in [0, 0.1) is 0 Å². The van der Waals surface area contributed by atoms with Crippen LogP contribution in [-0.4, -0.2) is 44.4 Å². The highest BCUT2D eigenvalue weighted by Gasteiger charge is 2.32. The summed E-state index contributed by atoms with van der Waals surface area (Å²) in [5, 5.41) is 4.37. The van der Waals surface area contributed by atoms with E-state index in [1.54, 1.807) is 0 Å². The first-order valence-electron chi connectivity index (χ1n) is 9.19. The predicted molar refractivity (Wildman–Crippen MR) is 96.2 cm³/mol. The van der Waals surface area contributed by atoms with Crippen molar-refractivity contribution in [3.63, 3.8) is 0 Å². The van der Waals surface area contributed by atoms with E-state index in [9.17, 15) is 35.9 Å². The fraction of sp³-hybridized carbons (Fsp3) is 0.556. The van der Waals surface area contributed by atoms with Crippen molar-refractivity contribution < 1.29 is 40.7 Å². The molecule has 1 aromatic carbocycles. The van der Waals surface area contributed by atoms with Gasteiger partial charge in [0.05, 0.1) is 16.9 Å². The summed E-state index contributed by atoms with van der Waals surface area (Å²) in [6.45, 7) is -0.837. The topological polar surface area (TPSA) is 70.7 Å². The van der Waals surface area contributed by atoms with Gasteiger partial charge < -0.3 is 20.3 Å². The summed E-state index contributed by atoms with van der Waals surface area (Å²) in [4.78, 5) is 25.2. The number of halogens is 6. The monoisotopic (exact) mass is 441 g/mol. The molecule has 0 aromatic heterocycles. The molecule has 0 bridgehead atoms. The lowest BCUT2D eigenvalue weighted by atomic mass is 10.1. The number of carbonyl (C=O) groups excluding carboxylic acids is 2. The number of hydrogen-bond acceptors (Lipinski definition) is 4. The summed E-state index contributed by atoms with van der Waals surface area (Å²) in [6, 6.07) is 3.08. The number of nitrogens with one attached hydrogen (secondary N) is 2. The summed E-state index contributed by atoms with van der Waals surface area (Å²) >= 11 is 0. The lowest BCUT2D eigenvalue weighted by Gasteiger charge is -2.31. The maximum atomic E-state index is 13.1. The van der Waals surface area contributed by atoms with Crippen molar-refractivity contribution >= 4 is 23.4 Å². The van der Waals surface area contributed by atoms with Crippen LogP contribution in [0.2, 0.25) is 0 Å². The van der Waals surface area contributed by atoms with Crippen LogP contribution in [0.25, 0.3) is 0 Å². The van der Waals surface area contributed by atoms with Gasteiger partial charge in [0.15, 0.2) is 6.61 Å². The lowest BCUT2D eigenvalue weighted by molar-refractivity contribution is -0.160. The molecule has 0 spiro atoms. The van der Waals surface area contributed by atoms with Crippen LogP contribution in [0.5, 0.6) is 0 Å². The maximum Gasteiger partial charge on any atom is 0.422 e. The number of carbonyl (C=O) groups is 2. The van der Waals surface area contributed by atoms with Crippen molar-refractivity contribution in [1.82, 2.24) is 5.32 Å². The molecule has 1 fully saturated rings. The lowest BCUT2D eigenvalue weighted by Crippen LogP contribution is -2.32. The molecule has 12 heteroatoms. The van der Waals surface area contributed by atoms with E-state index in [1.165, 1.54) is 6.07 Å². The molecule has 2 amide bonds. The Labute approximate surface area is 168 Å². The molecular formula is C18H21F6N3O3. The number of amides is 2. The zero-order valence-electron chi connectivity index (χ0n) is 15.8. The normalized spacial score (nSPS) is 14.9. The Morgan fingerprint density at radius 1 is 1.03 bits per heavy atom. The third-order valence-corrected chi connectivity index (χ3v) is 4.28. The molecule has 1 aromatic rings. The third kappa shape index (κ3) is 7.64. The van der Waals surface area contributed by atoms with Crippen molar-refractivity contribution in [2.45, 2.75) is 38.0 Å². The number of anilines is 2. The van der Waals surface area contributed by atoms with Gasteiger partial charge in [-0.1, -0.05) is 0 Å². The Balaban J connectivity index is 1.99. The number of benzene rings is 1. The molecule has 2 N–H and O–H groups in total. The second kappa shape index (κ2) is 9.90. The highest BCUT2D eigenvalue weighted by atomic mass is 19.4. The van der Waals surface area contributed by atoms with Gasteiger partial charge in [-0.15, -0.1) is 0 Å². The summed E-state index contributed by atoms with van der Waals surface area (Å²) in [7, 11) is 0. The number of rotatable bonds is 6. The Morgan fingerprint density at radius 3 is 2.30 bits per heavy atom. The number of ether oxygens (including phenoxy) is 1. The summed E-state index contributed by atoms with van der Waals surface area (Å²) < 4.78 is 79.0. The minimum Gasteiger partial charge on any atom is -0.440 e. The van der Waals surface area contributed by atoms with Crippen LogP contribution in [0.15, 0.2) is 18.2 Å². The summed E-state index contributed by atoms with van der Waals surface area (Å²) in [5.41, 5.74) is -0.489. The molecule has 0 unspecified atom stereocenters. The number of alkyl carbamates (subject to hydrolysis) is 1. The van der Waals surface area contributed by atoms with Crippen molar-refractivity contribution in [3.8, 4) is 0 Å². The van der Waals surface area contributed by atoms with Crippen molar-refractivity contribution in [1.29, 1.82) is 0 Å². The van der Waals surface area contributed by atoms with Gasteiger partial charge >= 0.3 is 18.4 Å². The van der Waals surface area contributed by atoms with Crippen LogP contribution in [0.3, 0.4) is 0 Å². The molecule has 1 aliphatic rings. The number of hydrogen-bond donors (Lipinski definition) is 2. The number of piperidine rings is 1. The fourth-order valence-corrected chi connectivity index (χ4v) is 2.91. The molecule has 0 saturated carbocycles. The first-order chi connectivity index (χ1) is 14.0. The van der Waals surface area contributed by atoms with E-state index in [0.29, 0.717) is 18.8 Å². The second-order valence-corrected chi connectivity index (χ2v) is 6.69. The van der Waals surface area contributed by atoms with E-state index in [2.05, 4.69) is 10.1 Å². The highest BCUT2D eigenvalue weighted by Crippen LogP contribution is 2.36. The summed E-state index contributed by atoms with van der Waals surface area (Å²) in [6.07, 6.45) is -8.23. The average molecular weight is 441 g/mol. The highest BCUT2D eigenvalue weighted by molar-refractivity contribution is 5.94. The van der Waals surface area contributed by atoms with Gasteiger partial charge in [0.25, 0.3) is 0 Å². The molecular weight excluding hydrogens is 420 g/mol. The molecule has 1 heterocycles. The van der Waals surface area contributed by atoms with Crippen molar-refractivity contribution in [2.24, 2.45) is 0 Å². The third-order valence-electron chi connectivity index (χ3n) is 4.28. The van der Waals surface area contributed by atoms with Crippen molar-refractivity contribution in [2.75, 3.05) is 36.5 Å². The van der Waals surface area contributed by atoms with Gasteiger partial charge in [0, 0.05) is 26.1 Å². The van der Waals surface area contributed by atoms with E-state index in [1.807, 2.05) is 10.2 Å². The summed E-state index contributed by atoms with van der Waals surface area (Å²) in [5.74, 6) is -0.705. The fourth-order valence-electron chi connectivity index (χ4n) is 2.91. The zero-order chi connectivity index (χ0) is 22.4. The van der Waals surface area contributed by atoms with E-state index in [4.69, 9.17) is 0 Å². The Bertz CT molecular complexity index is 746. The molecule has 30 heavy (non-hydrogen) atoms. The Morgan fingerprint density at radius 2 is 1.70 bits per heavy atom. The minimum atomic E-state index is -4.68. The molecule has 0 atom stereocenters. The van der Waals surface area contributed by atoms with Crippen LogP contribution >= 0.6 is 0 Å². The van der Waals surface area contributed by atoms with Gasteiger partial charge in [-0.05, 0) is 37.5 Å². The molecule has 2 rings (SSSR count). The molecule has 0 radical (unpaired) electrons. The van der Waals surface area contributed by atoms with Gasteiger partial charge in [-0.2, -0.15) is 26.3 Å². The molecule has 0 aliphatic carbocycles. The molecule has 6 nitrogen and oxygen atoms in total. The van der Waals surface area contributed by atoms with Gasteiger partial charge in [0.2, 0.25) is 5.91 Å².